The average molecular weight is 439 g/mol. The first-order valence-electron chi connectivity index (χ1n) is 9.36. The molecule has 0 radical (unpaired) electrons. The first-order valence-corrected chi connectivity index (χ1v) is 12.0. The molecule has 1 atom stereocenters. The number of amides is 1. The van der Waals surface area contributed by atoms with Crippen molar-refractivity contribution in [3.05, 3.63) is 35.9 Å². The van der Waals surface area contributed by atoms with Crippen LogP contribution in [0.1, 0.15) is 19.4 Å². The zero-order chi connectivity index (χ0) is 19.8. The van der Waals surface area contributed by atoms with E-state index >= 15 is 0 Å². The highest BCUT2D eigenvalue weighted by atomic mass is 32.2. The number of carbonyl (C=O) groups is 1. The lowest BCUT2D eigenvalue weighted by Gasteiger charge is -2.33. The monoisotopic (exact) mass is 438 g/mol. The smallest absolute Gasteiger partial charge is 0.230 e. The molecule has 3 rings (SSSR count). The molecule has 1 saturated heterocycles. The van der Waals surface area contributed by atoms with Crippen LogP contribution in [0.3, 0.4) is 0 Å². The van der Waals surface area contributed by atoms with E-state index in [0.717, 1.165) is 28.3 Å². The molecule has 1 aliphatic rings. The lowest BCUT2D eigenvalue weighted by molar-refractivity contribution is -0.119. The van der Waals surface area contributed by atoms with E-state index in [9.17, 15) is 4.79 Å². The molecule has 2 heterocycles. The van der Waals surface area contributed by atoms with Crippen LogP contribution in [0.5, 0.6) is 0 Å². The molecule has 0 spiro atoms. The molecule has 0 bridgehead atoms. The van der Waals surface area contributed by atoms with E-state index in [1.165, 1.54) is 17.3 Å². The Morgan fingerprint density at radius 3 is 2.89 bits per heavy atom. The predicted octanol–water partition coefficient (Wildman–Crippen LogP) is 3.15. The van der Waals surface area contributed by atoms with Gasteiger partial charge in [0.2, 0.25) is 5.91 Å². The summed E-state index contributed by atoms with van der Waals surface area (Å²) < 4.78 is 7.60. The minimum atomic E-state index is 0.00189. The van der Waals surface area contributed by atoms with E-state index < -0.39 is 0 Å². The van der Waals surface area contributed by atoms with Gasteiger partial charge in [0.25, 0.3) is 0 Å². The van der Waals surface area contributed by atoms with Crippen LogP contribution in [0.15, 0.2) is 39.0 Å². The van der Waals surface area contributed by atoms with E-state index in [0.29, 0.717) is 24.2 Å². The van der Waals surface area contributed by atoms with Gasteiger partial charge in [0.1, 0.15) is 0 Å². The molecule has 1 aliphatic heterocycles. The van der Waals surface area contributed by atoms with Gasteiger partial charge in [-0.2, -0.15) is 0 Å². The van der Waals surface area contributed by atoms with Gasteiger partial charge < -0.3 is 10.1 Å². The van der Waals surface area contributed by atoms with Crippen LogP contribution < -0.4 is 5.32 Å². The summed E-state index contributed by atoms with van der Waals surface area (Å²) in [5.74, 6) is 0.351. The Bertz CT molecular complexity index is 742. The highest BCUT2D eigenvalue weighted by molar-refractivity contribution is 8.03. The van der Waals surface area contributed by atoms with Crippen molar-refractivity contribution in [2.24, 2.45) is 0 Å². The lowest BCUT2D eigenvalue weighted by atomic mass is 10.2. The van der Waals surface area contributed by atoms with Crippen LogP contribution in [-0.4, -0.2) is 64.4 Å². The summed E-state index contributed by atoms with van der Waals surface area (Å²) in [5, 5.41) is 11.8. The Morgan fingerprint density at radius 1 is 1.32 bits per heavy atom. The second-order valence-electron chi connectivity index (χ2n) is 6.81. The van der Waals surface area contributed by atoms with Crippen LogP contribution in [0.4, 0.5) is 0 Å². The highest BCUT2D eigenvalue weighted by Crippen LogP contribution is 2.30. The number of thioether (sulfide) groups is 2. The number of ether oxygens (including phenoxy) is 1. The third-order valence-corrected chi connectivity index (χ3v) is 7.19. The van der Waals surface area contributed by atoms with Gasteiger partial charge >= 0.3 is 0 Å². The molecule has 6 nitrogen and oxygen atoms in total. The number of morpholine rings is 1. The summed E-state index contributed by atoms with van der Waals surface area (Å²) in [5.41, 5.74) is 1.30. The molecule has 28 heavy (non-hydrogen) atoms. The van der Waals surface area contributed by atoms with Gasteiger partial charge in [0, 0.05) is 31.4 Å². The number of benzene rings is 1. The summed E-state index contributed by atoms with van der Waals surface area (Å²) in [6.07, 6.45) is 0.0296. The fourth-order valence-electron chi connectivity index (χ4n) is 2.80. The predicted molar refractivity (Wildman–Crippen MR) is 116 cm³/mol. The van der Waals surface area contributed by atoms with E-state index in [1.807, 2.05) is 6.07 Å². The van der Waals surface area contributed by atoms with E-state index in [-0.39, 0.29) is 12.0 Å². The van der Waals surface area contributed by atoms with Gasteiger partial charge in [0.15, 0.2) is 8.68 Å². The van der Waals surface area contributed by atoms with Gasteiger partial charge in [-0.1, -0.05) is 79.0 Å². The van der Waals surface area contributed by atoms with Gasteiger partial charge in [-0.15, -0.1) is 10.2 Å². The third kappa shape index (κ3) is 7.36. The molecule has 1 amide bonds. The summed E-state index contributed by atoms with van der Waals surface area (Å²) in [4.78, 5) is 14.5. The minimum absolute atomic E-state index is 0.00189. The fourth-order valence-corrected chi connectivity index (χ4v) is 5.87. The number of hydrogen-bond acceptors (Lipinski definition) is 8. The molecule has 0 unspecified atom stereocenters. The number of nitrogens with zero attached hydrogens (tertiary/aromatic N) is 3. The summed E-state index contributed by atoms with van der Waals surface area (Å²) in [6, 6.07) is 10.4. The largest absolute Gasteiger partial charge is 0.374 e. The zero-order valence-corrected chi connectivity index (χ0v) is 18.6. The van der Waals surface area contributed by atoms with Crippen LogP contribution in [0, 0.1) is 0 Å². The first-order chi connectivity index (χ1) is 13.6. The molecular weight excluding hydrogens is 412 g/mol. The maximum absolute atomic E-state index is 12.2. The van der Waals surface area contributed by atoms with Crippen molar-refractivity contribution in [3.63, 3.8) is 0 Å². The van der Waals surface area contributed by atoms with E-state index in [2.05, 4.69) is 58.5 Å². The molecule has 9 heteroatoms. The SMILES string of the molecule is CC(C)Sc1nnc(SCC(=O)NC[C@H]2CN(Cc3ccccc3)CCO2)s1. The lowest BCUT2D eigenvalue weighted by Crippen LogP contribution is -2.47. The molecule has 1 aromatic carbocycles. The van der Waals surface area contributed by atoms with E-state index in [1.54, 1.807) is 23.1 Å². The van der Waals surface area contributed by atoms with Crippen molar-refractivity contribution in [2.75, 3.05) is 32.0 Å². The average Bonchev–Trinajstić information content (AvgIpc) is 3.12. The van der Waals surface area contributed by atoms with Gasteiger partial charge in [0.05, 0.1) is 18.5 Å². The normalized spacial score (nSPS) is 17.8. The number of aromatic nitrogens is 2. The van der Waals surface area contributed by atoms with Crippen LogP contribution in [0.2, 0.25) is 0 Å². The van der Waals surface area contributed by atoms with Crippen molar-refractivity contribution in [1.29, 1.82) is 0 Å². The van der Waals surface area contributed by atoms with Crippen LogP contribution in [0.25, 0.3) is 0 Å². The molecule has 152 valence electrons. The van der Waals surface area contributed by atoms with Crippen molar-refractivity contribution >= 4 is 40.8 Å². The molecule has 0 aliphatic carbocycles. The highest BCUT2D eigenvalue weighted by Gasteiger charge is 2.21. The number of rotatable bonds is 9. The Morgan fingerprint density at radius 2 is 2.11 bits per heavy atom. The Labute approximate surface area is 178 Å². The quantitative estimate of drug-likeness (QED) is 0.603. The molecule has 0 saturated carbocycles. The maximum Gasteiger partial charge on any atom is 0.230 e. The second kappa shape index (κ2) is 11.2. The van der Waals surface area contributed by atoms with Gasteiger partial charge in [-0.05, 0) is 5.56 Å². The van der Waals surface area contributed by atoms with Crippen LogP contribution in [-0.2, 0) is 16.1 Å². The molecule has 2 aromatic rings. The fraction of sp³-hybridized carbons (Fsp3) is 0.526. The van der Waals surface area contributed by atoms with Crippen LogP contribution >= 0.6 is 34.9 Å². The number of nitrogens with one attached hydrogen (secondary N) is 1. The van der Waals surface area contributed by atoms with Gasteiger partial charge in [-0.3, -0.25) is 9.69 Å². The van der Waals surface area contributed by atoms with E-state index in [4.69, 9.17) is 4.74 Å². The summed E-state index contributed by atoms with van der Waals surface area (Å²) >= 11 is 4.67. The molecule has 1 fully saturated rings. The Hall–Kier alpha value is -1.13. The molecule has 1 N–H and O–H groups in total. The standard InChI is InChI=1S/C19H26N4O2S3/c1-14(2)27-19-22-21-18(28-19)26-13-17(24)20-10-16-12-23(8-9-25-16)11-15-6-4-3-5-7-15/h3-7,14,16H,8-13H2,1-2H3,(H,20,24)/t16-/m0/s1. The molecular formula is C19H26N4O2S3. The van der Waals surface area contributed by atoms with Crippen molar-refractivity contribution in [2.45, 2.75) is 40.4 Å². The number of carbonyl (C=O) groups excluding carboxylic acids is 1. The third-order valence-electron chi connectivity index (χ3n) is 4.05. The summed E-state index contributed by atoms with van der Waals surface area (Å²) in [6.45, 7) is 8.15. The number of hydrogen-bond donors (Lipinski definition) is 1. The minimum Gasteiger partial charge on any atom is -0.374 e. The molecule has 1 aromatic heterocycles. The van der Waals surface area contributed by atoms with Crippen molar-refractivity contribution in [1.82, 2.24) is 20.4 Å². The topological polar surface area (TPSA) is 67.4 Å². The van der Waals surface area contributed by atoms with Crippen molar-refractivity contribution < 1.29 is 9.53 Å². The Balaban J connectivity index is 1.36. The Kier molecular flexibility index (Phi) is 8.60. The van der Waals surface area contributed by atoms with Gasteiger partial charge in [-0.25, -0.2) is 0 Å². The van der Waals surface area contributed by atoms with Crippen molar-refractivity contribution in [3.8, 4) is 0 Å². The summed E-state index contributed by atoms with van der Waals surface area (Å²) in [7, 11) is 0. The second-order valence-corrected chi connectivity index (χ2v) is 10.8. The maximum atomic E-state index is 12.2. The first kappa shape index (κ1) is 21.6. The zero-order valence-electron chi connectivity index (χ0n) is 16.2.